The Kier molecular flexibility index (Phi) is 6.00. The van der Waals surface area contributed by atoms with Crippen LogP contribution in [0.5, 0.6) is 0 Å². The molecule has 1 aromatic rings. The molecule has 1 heterocycles. The third-order valence-corrected chi connectivity index (χ3v) is 4.83. The first-order valence-electron chi connectivity index (χ1n) is 8.04. The smallest absolute Gasteiger partial charge is 0.332 e. The minimum Gasteiger partial charge on any atom is -0.332 e. The maximum absolute atomic E-state index is 13.2. The molecule has 0 unspecified atom stereocenters. The quantitative estimate of drug-likeness (QED) is 0.858. The third-order valence-electron chi connectivity index (χ3n) is 4.17. The molecule has 0 saturated carbocycles. The van der Waals surface area contributed by atoms with Gasteiger partial charge in [0.1, 0.15) is 0 Å². The van der Waals surface area contributed by atoms with Crippen LogP contribution >= 0.6 is 0 Å². The van der Waals surface area contributed by atoms with E-state index in [1.54, 1.807) is 37.3 Å². The minimum absolute atomic E-state index is 0.200. The average molecular weight is 390 g/mol. The molecule has 1 aromatic carbocycles. The van der Waals surface area contributed by atoms with Gasteiger partial charge in [-0.1, -0.05) is 36.4 Å². The van der Waals surface area contributed by atoms with Gasteiger partial charge >= 0.3 is 12.2 Å². The monoisotopic (exact) mass is 390 g/mol. The predicted octanol–water partition coefficient (Wildman–Crippen LogP) is 3.27. The SMILES string of the molecule is C[C@@H](/C=C/S(C)(=O)=O)NC(=O)N1C[C@H](C(F)(F)F)C[C@@H]1c1ccccc1. The summed E-state index contributed by atoms with van der Waals surface area (Å²) in [5.41, 5.74) is 0.633. The van der Waals surface area contributed by atoms with Crippen molar-refractivity contribution in [1.82, 2.24) is 10.2 Å². The molecule has 5 nitrogen and oxygen atoms in total. The van der Waals surface area contributed by atoms with Crippen molar-refractivity contribution in [1.29, 1.82) is 0 Å². The molecule has 0 bridgehead atoms. The molecule has 1 aliphatic heterocycles. The van der Waals surface area contributed by atoms with Crippen LogP contribution < -0.4 is 5.32 Å². The van der Waals surface area contributed by atoms with E-state index >= 15 is 0 Å². The van der Waals surface area contributed by atoms with Crippen molar-refractivity contribution in [3.8, 4) is 0 Å². The number of nitrogens with one attached hydrogen (secondary N) is 1. The van der Waals surface area contributed by atoms with E-state index in [1.165, 1.54) is 6.08 Å². The number of sulfone groups is 1. The van der Waals surface area contributed by atoms with E-state index in [4.69, 9.17) is 0 Å². The summed E-state index contributed by atoms with van der Waals surface area (Å²) in [6.07, 6.45) is -2.29. The molecule has 9 heteroatoms. The number of halogens is 3. The Hall–Kier alpha value is -2.03. The largest absolute Gasteiger partial charge is 0.393 e. The molecule has 2 rings (SSSR count). The van der Waals surface area contributed by atoms with Gasteiger partial charge in [0.2, 0.25) is 0 Å². The second-order valence-corrected chi connectivity index (χ2v) is 8.38. The Labute approximate surface area is 150 Å². The lowest BCUT2D eigenvalue weighted by atomic mass is 9.99. The fourth-order valence-corrected chi connectivity index (χ4v) is 3.40. The van der Waals surface area contributed by atoms with Crippen molar-refractivity contribution in [3.05, 3.63) is 47.4 Å². The summed E-state index contributed by atoms with van der Waals surface area (Å²) < 4.78 is 61.8. The second-order valence-electron chi connectivity index (χ2n) is 6.45. The zero-order chi connectivity index (χ0) is 19.5. The lowest BCUT2D eigenvalue weighted by Crippen LogP contribution is -2.43. The van der Waals surface area contributed by atoms with Crippen molar-refractivity contribution in [3.63, 3.8) is 0 Å². The number of alkyl halides is 3. The van der Waals surface area contributed by atoms with Crippen LogP contribution in [0.25, 0.3) is 0 Å². The summed E-state index contributed by atoms with van der Waals surface area (Å²) in [7, 11) is -3.35. The second kappa shape index (κ2) is 7.69. The third kappa shape index (κ3) is 5.48. The molecule has 0 aliphatic carbocycles. The van der Waals surface area contributed by atoms with Gasteiger partial charge in [0.15, 0.2) is 9.84 Å². The number of amides is 2. The van der Waals surface area contributed by atoms with Crippen molar-refractivity contribution in [2.75, 3.05) is 12.8 Å². The number of carbonyl (C=O) groups is 1. The molecule has 1 aliphatic rings. The molecule has 0 radical (unpaired) electrons. The van der Waals surface area contributed by atoms with Crippen molar-refractivity contribution < 1.29 is 26.4 Å². The number of likely N-dealkylation sites (tertiary alicyclic amines) is 1. The zero-order valence-corrected chi connectivity index (χ0v) is 15.2. The highest BCUT2D eigenvalue weighted by Gasteiger charge is 2.49. The lowest BCUT2D eigenvalue weighted by molar-refractivity contribution is -0.170. The van der Waals surface area contributed by atoms with E-state index < -0.39 is 46.6 Å². The van der Waals surface area contributed by atoms with Crippen LogP contribution in [0, 0.1) is 5.92 Å². The maximum Gasteiger partial charge on any atom is 0.393 e. The van der Waals surface area contributed by atoms with Gasteiger partial charge in [0.05, 0.1) is 12.0 Å². The van der Waals surface area contributed by atoms with E-state index in [0.717, 1.165) is 16.6 Å². The van der Waals surface area contributed by atoms with Gasteiger partial charge < -0.3 is 10.2 Å². The van der Waals surface area contributed by atoms with Gasteiger partial charge in [0.25, 0.3) is 0 Å². The van der Waals surface area contributed by atoms with Gasteiger partial charge in [-0.3, -0.25) is 0 Å². The molecule has 144 valence electrons. The average Bonchev–Trinajstić information content (AvgIpc) is 2.99. The topological polar surface area (TPSA) is 66.5 Å². The highest BCUT2D eigenvalue weighted by Crippen LogP contribution is 2.42. The number of benzene rings is 1. The molecule has 3 atom stereocenters. The first kappa shape index (κ1) is 20.3. The number of carbonyl (C=O) groups excluding carboxylic acids is 1. The normalized spacial score (nSPS) is 22.6. The molecule has 26 heavy (non-hydrogen) atoms. The molecular weight excluding hydrogens is 369 g/mol. The molecule has 0 aromatic heterocycles. The molecule has 1 fully saturated rings. The van der Waals surface area contributed by atoms with Gasteiger partial charge in [-0.05, 0) is 18.9 Å². The van der Waals surface area contributed by atoms with E-state index in [1.807, 2.05) is 0 Å². The highest BCUT2D eigenvalue weighted by atomic mass is 32.2. The van der Waals surface area contributed by atoms with Gasteiger partial charge in [0, 0.05) is 24.3 Å². The van der Waals surface area contributed by atoms with Crippen LogP contribution in [0.4, 0.5) is 18.0 Å². The van der Waals surface area contributed by atoms with Gasteiger partial charge in [-0.25, -0.2) is 13.2 Å². The van der Waals surface area contributed by atoms with Crippen LogP contribution in [0.3, 0.4) is 0 Å². The number of nitrogens with zero attached hydrogens (tertiary/aromatic N) is 1. The fraction of sp³-hybridized carbons (Fsp3) is 0.471. The van der Waals surface area contributed by atoms with Crippen molar-refractivity contribution >= 4 is 15.9 Å². The summed E-state index contributed by atoms with van der Waals surface area (Å²) in [6, 6.07) is 6.58. The number of hydrogen-bond acceptors (Lipinski definition) is 3. The van der Waals surface area contributed by atoms with Crippen molar-refractivity contribution in [2.24, 2.45) is 5.92 Å². The van der Waals surface area contributed by atoms with Crippen LogP contribution in [-0.2, 0) is 9.84 Å². The molecule has 2 amide bonds. The fourth-order valence-electron chi connectivity index (χ4n) is 2.88. The van der Waals surface area contributed by atoms with Gasteiger partial charge in [-0.15, -0.1) is 0 Å². The van der Waals surface area contributed by atoms with E-state index in [2.05, 4.69) is 5.32 Å². The Morgan fingerprint density at radius 2 is 1.92 bits per heavy atom. The van der Waals surface area contributed by atoms with E-state index in [-0.39, 0.29) is 6.42 Å². The maximum atomic E-state index is 13.2. The Bertz CT molecular complexity index is 763. The first-order chi connectivity index (χ1) is 12.0. The summed E-state index contributed by atoms with van der Waals surface area (Å²) in [6.45, 7) is 1.12. The van der Waals surface area contributed by atoms with Crippen LogP contribution in [-0.4, -0.2) is 44.4 Å². The predicted molar refractivity (Wildman–Crippen MR) is 92.0 cm³/mol. The summed E-state index contributed by atoms with van der Waals surface area (Å²) in [4.78, 5) is 13.7. The summed E-state index contributed by atoms with van der Waals surface area (Å²) >= 11 is 0. The number of hydrogen-bond donors (Lipinski definition) is 1. The molecule has 1 N–H and O–H groups in total. The first-order valence-corrected chi connectivity index (χ1v) is 10.00. The Morgan fingerprint density at radius 1 is 1.31 bits per heavy atom. The van der Waals surface area contributed by atoms with Crippen LogP contribution in [0.15, 0.2) is 41.8 Å². The van der Waals surface area contributed by atoms with Crippen LogP contribution in [0.2, 0.25) is 0 Å². The zero-order valence-electron chi connectivity index (χ0n) is 14.4. The molecular formula is C17H21F3N2O3S. The highest BCUT2D eigenvalue weighted by molar-refractivity contribution is 7.93. The minimum atomic E-state index is -4.39. The summed E-state index contributed by atoms with van der Waals surface area (Å²) in [5, 5.41) is 3.49. The number of rotatable bonds is 4. The molecule has 0 spiro atoms. The number of urea groups is 1. The lowest BCUT2D eigenvalue weighted by Gasteiger charge is -2.26. The van der Waals surface area contributed by atoms with E-state index in [9.17, 15) is 26.4 Å². The van der Waals surface area contributed by atoms with Gasteiger partial charge in [-0.2, -0.15) is 13.2 Å². The summed E-state index contributed by atoms with van der Waals surface area (Å²) in [5.74, 6) is -1.60. The standard InChI is InChI=1S/C17H21F3N2O3S/c1-12(8-9-26(2,24)25)21-16(23)22-11-14(17(18,19)20)10-15(22)13-6-4-3-5-7-13/h3-9,12,14-15H,10-11H2,1-2H3,(H,21,23)/b9-8+/t12-,14+,15+/m0/s1. The van der Waals surface area contributed by atoms with Crippen molar-refractivity contribution in [2.45, 2.75) is 31.6 Å². The Morgan fingerprint density at radius 3 is 2.46 bits per heavy atom. The van der Waals surface area contributed by atoms with E-state index in [0.29, 0.717) is 5.56 Å². The Balaban J connectivity index is 2.17. The van der Waals surface area contributed by atoms with Crippen LogP contribution in [0.1, 0.15) is 24.9 Å². The molecule has 1 saturated heterocycles.